The van der Waals surface area contributed by atoms with E-state index in [2.05, 4.69) is 15.4 Å². The van der Waals surface area contributed by atoms with Crippen molar-refractivity contribution >= 4 is 36.6 Å². The van der Waals surface area contributed by atoms with Gasteiger partial charge >= 0.3 is 0 Å². The first kappa shape index (κ1) is 25.6. The van der Waals surface area contributed by atoms with Gasteiger partial charge in [-0.3, -0.25) is 9.59 Å². The topological polar surface area (TPSA) is 106 Å². The van der Waals surface area contributed by atoms with Crippen LogP contribution in [0.25, 0.3) is 0 Å². The second-order valence-electron chi connectivity index (χ2n) is 7.22. The average Bonchev–Trinajstić information content (AvgIpc) is 2.89. The number of hydrogen-bond acceptors (Lipinski definition) is 5. The van der Waals surface area contributed by atoms with Crippen LogP contribution in [0.5, 0.6) is 0 Å². The number of nitrogens with zero attached hydrogens (tertiary/aromatic N) is 4. The monoisotopic (exact) mass is 422 g/mol. The van der Waals surface area contributed by atoms with Crippen LogP contribution in [-0.4, -0.2) is 57.2 Å². The maximum absolute atomic E-state index is 12.4. The molecule has 8 nitrogen and oxygen atoms in total. The third-order valence-electron chi connectivity index (χ3n) is 4.70. The number of aryl methyl sites for hydroxylation is 2. The van der Waals surface area contributed by atoms with Gasteiger partial charge in [0.1, 0.15) is 11.6 Å². The molecule has 2 rings (SSSR count). The molecule has 0 aliphatic carbocycles. The molecule has 10 heteroatoms. The van der Waals surface area contributed by atoms with E-state index in [4.69, 9.17) is 5.73 Å². The maximum atomic E-state index is 12.4. The minimum Gasteiger partial charge on any atom is -0.346 e. The van der Waals surface area contributed by atoms with Crippen molar-refractivity contribution in [2.45, 2.75) is 53.1 Å². The molecule has 2 heterocycles. The third-order valence-corrected chi connectivity index (χ3v) is 4.70. The molecular weight excluding hydrogens is 391 g/mol. The van der Waals surface area contributed by atoms with Gasteiger partial charge in [-0.2, -0.15) is 5.10 Å². The molecule has 0 saturated carbocycles. The standard InChI is InChI=1S/C17H30N6O2.2ClH/c1-11(2)16(18)17(25)19-8-15(24)22-7-5-6-14(9-22)10-23-13(4)20-12(3)21-23;;/h11,14,16H,5-10,18H2,1-4H3,(H,19,25);2*1H/t14?,16-;;/m0../s1. The van der Waals surface area contributed by atoms with Crippen LogP contribution in [0.3, 0.4) is 0 Å². The summed E-state index contributed by atoms with van der Waals surface area (Å²) in [7, 11) is 0. The summed E-state index contributed by atoms with van der Waals surface area (Å²) < 4.78 is 1.91. The van der Waals surface area contributed by atoms with Gasteiger partial charge in [-0.15, -0.1) is 24.8 Å². The molecule has 0 radical (unpaired) electrons. The van der Waals surface area contributed by atoms with Crippen molar-refractivity contribution in [3.05, 3.63) is 11.6 Å². The first-order chi connectivity index (χ1) is 11.8. The summed E-state index contributed by atoms with van der Waals surface area (Å²) in [5.41, 5.74) is 5.80. The second-order valence-corrected chi connectivity index (χ2v) is 7.22. The van der Waals surface area contributed by atoms with Gasteiger partial charge in [0.2, 0.25) is 11.8 Å². The van der Waals surface area contributed by atoms with Crippen molar-refractivity contribution in [3.63, 3.8) is 0 Å². The van der Waals surface area contributed by atoms with E-state index in [1.165, 1.54) is 0 Å². The number of amides is 2. The number of rotatable bonds is 6. The van der Waals surface area contributed by atoms with Crippen LogP contribution in [0.1, 0.15) is 38.3 Å². The number of aromatic nitrogens is 3. The predicted octanol–water partition coefficient (Wildman–Crippen LogP) is 1.08. The average molecular weight is 423 g/mol. The first-order valence-electron chi connectivity index (χ1n) is 8.97. The number of carbonyl (C=O) groups is 2. The quantitative estimate of drug-likeness (QED) is 0.712. The largest absolute Gasteiger partial charge is 0.346 e. The fraction of sp³-hybridized carbons (Fsp3) is 0.765. The van der Waals surface area contributed by atoms with Crippen molar-refractivity contribution in [3.8, 4) is 0 Å². The lowest BCUT2D eigenvalue weighted by Crippen LogP contribution is -2.49. The van der Waals surface area contributed by atoms with E-state index >= 15 is 0 Å². The molecule has 0 bridgehead atoms. The van der Waals surface area contributed by atoms with Crippen LogP contribution in [0.15, 0.2) is 0 Å². The molecule has 0 spiro atoms. The molecule has 1 aliphatic rings. The molecule has 1 aromatic rings. The van der Waals surface area contributed by atoms with E-state index in [1.54, 1.807) is 0 Å². The lowest BCUT2D eigenvalue weighted by Gasteiger charge is -2.33. The number of hydrogen-bond donors (Lipinski definition) is 2. The molecule has 156 valence electrons. The van der Waals surface area contributed by atoms with E-state index < -0.39 is 6.04 Å². The number of halogens is 2. The zero-order chi connectivity index (χ0) is 18.6. The Kier molecular flexibility index (Phi) is 10.9. The van der Waals surface area contributed by atoms with Crippen molar-refractivity contribution < 1.29 is 9.59 Å². The van der Waals surface area contributed by atoms with Crippen molar-refractivity contribution in [1.29, 1.82) is 0 Å². The fourth-order valence-corrected chi connectivity index (χ4v) is 3.11. The van der Waals surface area contributed by atoms with Gasteiger partial charge in [0.15, 0.2) is 0 Å². The van der Waals surface area contributed by atoms with Gasteiger partial charge in [-0.1, -0.05) is 13.8 Å². The van der Waals surface area contributed by atoms with E-state index in [-0.39, 0.29) is 49.1 Å². The Bertz CT molecular complexity index is 623. The second kappa shape index (κ2) is 11.5. The Labute approximate surface area is 173 Å². The molecule has 1 aliphatic heterocycles. The van der Waals surface area contributed by atoms with E-state index in [1.807, 2.05) is 37.3 Å². The third kappa shape index (κ3) is 7.27. The van der Waals surface area contributed by atoms with E-state index in [0.717, 1.165) is 37.6 Å². The molecule has 1 unspecified atom stereocenters. The summed E-state index contributed by atoms with van der Waals surface area (Å²) in [4.78, 5) is 30.4. The molecule has 0 aromatic carbocycles. The predicted molar refractivity (Wildman–Crippen MR) is 109 cm³/mol. The van der Waals surface area contributed by atoms with Gasteiger partial charge < -0.3 is 16.0 Å². The van der Waals surface area contributed by atoms with Gasteiger partial charge in [-0.05, 0) is 38.5 Å². The molecule has 2 atom stereocenters. The number of nitrogens with one attached hydrogen (secondary N) is 1. The smallest absolute Gasteiger partial charge is 0.241 e. The summed E-state index contributed by atoms with van der Waals surface area (Å²) in [5.74, 6) is 1.74. The van der Waals surface area contributed by atoms with E-state index in [0.29, 0.717) is 12.5 Å². The molecule has 3 N–H and O–H groups in total. The van der Waals surface area contributed by atoms with E-state index in [9.17, 15) is 9.59 Å². The number of piperidine rings is 1. The normalized spacial score (nSPS) is 17.7. The van der Waals surface area contributed by atoms with Crippen LogP contribution in [0, 0.1) is 25.7 Å². The fourth-order valence-electron chi connectivity index (χ4n) is 3.11. The Hall–Kier alpha value is -1.38. The van der Waals surface area contributed by atoms with Gasteiger partial charge in [0, 0.05) is 19.6 Å². The lowest BCUT2D eigenvalue weighted by molar-refractivity contribution is -0.134. The van der Waals surface area contributed by atoms with Crippen molar-refractivity contribution in [1.82, 2.24) is 25.0 Å². The Balaban J connectivity index is 0.00000338. The summed E-state index contributed by atoms with van der Waals surface area (Å²) >= 11 is 0. The summed E-state index contributed by atoms with van der Waals surface area (Å²) in [6.07, 6.45) is 2.02. The molecule has 1 fully saturated rings. The van der Waals surface area contributed by atoms with Crippen LogP contribution in [0.2, 0.25) is 0 Å². The molecular formula is C17H32Cl2N6O2. The van der Waals surface area contributed by atoms with Gasteiger partial charge in [-0.25, -0.2) is 9.67 Å². The minimum absolute atomic E-state index is 0. The summed E-state index contributed by atoms with van der Waals surface area (Å²) in [6, 6.07) is -0.583. The summed E-state index contributed by atoms with van der Waals surface area (Å²) in [6.45, 7) is 9.78. The zero-order valence-electron chi connectivity index (χ0n) is 16.5. The first-order valence-corrected chi connectivity index (χ1v) is 8.97. The maximum Gasteiger partial charge on any atom is 0.241 e. The molecule has 1 aromatic heterocycles. The van der Waals surface area contributed by atoms with Crippen molar-refractivity contribution in [2.24, 2.45) is 17.6 Å². The lowest BCUT2D eigenvalue weighted by atomic mass is 9.98. The molecule has 1 saturated heterocycles. The summed E-state index contributed by atoms with van der Waals surface area (Å²) in [5, 5.41) is 7.06. The van der Waals surface area contributed by atoms with Crippen LogP contribution in [-0.2, 0) is 16.1 Å². The van der Waals surface area contributed by atoms with Crippen LogP contribution >= 0.6 is 24.8 Å². The Morgan fingerprint density at radius 1 is 1.30 bits per heavy atom. The number of likely N-dealkylation sites (tertiary alicyclic amines) is 1. The number of carbonyl (C=O) groups excluding carboxylic acids is 2. The zero-order valence-corrected chi connectivity index (χ0v) is 18.1. The Morgan fingerprint density at radius 2 is 1.96 bits per heavy atom. The SMILES string of the molecule is Cc1nc(C)n(CC2CCCN(C(=O)CNC(=O)[C@@H](N)C(C)C)C2)n1.Cl.Cl. The van der Waals surface area contributed by atoms with Crippen LogP contribution < -0.4 is 11.1 Å². The highest BCUT2D eigenvalue weighted by atomic mass is 35.5. The van der Waals surface area contributed by atoms with Crippen molar-refractivity contribution in [2.75, 3.05) is 19.6 Å². The molecule has 2 amide bonds. The number of nitrogens with two attached hydrogens (primary N) is 1. The highest BCUT2D eigenvalue weighted by Gasteiger charge is 2.25. The molecule has 27 heavy (non-hydrogen) atoms. The van der Waals surface area contributed by atoms with Gasteiger partial charge in [0.25, 0.3) is 0 Å². The van der Waals surface area contributed by atoms with Gasteiger partial charge in [0.05, 0.1) is 12.6 Å². The van der Waals surface area contributed by atoms with Crippen LogP contribution in [0.4, 0.5) is 0 Å². The highest BCUT2D eigenvalue weighted by molar-refractivity contribution is 5.87. The highest BCUT2D eigenvalue weighted by Crippen LogP contribution is 2.18. The minimum atomic E-state index is -0.583. The Morgan fingerprint density at radius 3 is 2.52 bits per heavy atom.